The molecule has 0 spiro atoms. The average Bonchev–Trinajstić information content (AvgIpc) is 2.51. The van der Waals surface area contributed by atoms with E-state index in [1.54, 1.807) is 6.92 Å². The lowest BCUT2D eigenvalue weighted by Crippen LogP contribution is -2.31. The van der Waals surface area contributed by atoms with Crippen molar-refractivity contribution in [3.05, 3.63) is 23.3 Å². The maximum Gasteiger partial charge on any atom is 0.306 e. The molecule has 24 heavy (non-hydrogen) atoms. The third-order valence-corrected chi connectivity index (χ3v) is 5.13. The summed E-state index contributed by atoms with van der Waals surface area (Å²) in [6, 6.07) is 3.42. The van der Waals surface area contributed by atoms with Crippen LogP contribution in [-0.2, 0) is 36.2 Å². The number of rotatable bonds is 7. The van der Waals surface area contributed by atoms with Gasteiger partial charge in [-0.1, -0.05) is 6.07 Å². The second-order valence-corrected chi connectivity index (χ2v) is 8.07. The van der Waals surface area contributed by atoms with Crippen molar-refractivity contribution in [2.75, 3.05) is 25.1 Å². The zero-order valence-electron chi connectivity index (χ0n) is 13.8. The first-order chi connectivity index (χ1) is 11.3. The van der Waals surface area contributed by atoms with E-state index in [0.29, 0.717) is 38.3 Å². The van der Waals surface area contributed by atoms with E-state index in [1.165, 1.54) is 6.07 Å². The van der Waals surface area contributed by atoms with Crippen molar-refractivity contribution in [1.82, 2.24) is 0 Å². The zero-order valence-corrected chi connectivity index (χ0v) is 15.4. The monoisotopic (exact) mass is 375 g/mol. The van der Waals surface area contributed by atoms with Crippen molar-refractivity contribution < 1.29 is 22.7 Å². The Morgan fingerprint density at radius 2 is 2.08 bits per heavy atom. The van der Waals surface area contributed by atoms with Gasteiger partial charge in [0.15, 0.2) is 0 Å². The Kier molecular flexibility index (Phi) is 6.48. The molecular weight excluding hydrogens is 354 g/mol. The molecule has 0 saturated heterocycles. The normalized spacial score (nSPS) is 17.0. The Hall–Kier alpha value is -1.31. The van der Waals surface area contributed by atoms with Crippen LogP contribution in [0.15, 0.2) is 17.0 Å². The first-order valence-electron chi connectivity index (χ1n) is 7.96. The highest BCUT2D eigenvalue weighted by Crippen LogP contribution is 2.34. The standard InChI is InChI=1S/C16H22ClNO5S/c1-3-22-13-9-12-7-11(5-6-15(19)23-4-2)8-14(24(17,20)21)16(12)18-10-13/h7-8,13,18H,3-6,9-10H2,1-2H3. The lowest BCUT2D eigenvalue weighted by atomic mass is 9.97. The van der Waals surface area contributed by atoms with Crippen LogP contribution in [0.25, 0.3) is 0 Å². The molecule has 0 fully saturated rings. The minimum atomic E-state index is -3.89. The molecule has 1 aliphatic heterocycles. The Balaban J connectivity index is 2.30. The summed E-state index contributed by atoms with van der Waals surface area (Å²) in [5.74, 6) is -0.309. The predicted octanol–water partition coefficient (Wildman–Crippen LogP) is 2.48. The van der Waals surface area contributed by atoms with Crippen LogP contribution in [0.3, 0.4) is 0 Å². The van der Waals surface area contributed by atoms with Crippen LogP contribution in [0.2, 0.25) is 0 Å². The third-order valence-electron chi connectivity index (χ3n) is 3.79. The first kappa shape index (κ1) is 19.0. The quantitative estimate of drug-likeness (QED) is 0.582. The van der Waals surface area contributed by atoms with Gasteiger partial charge < -0.3 is 14.8 Å². The number of nitrogens with one attached hydrogen (secondary N) is 1. The minimum Gasteiger partial charge on any atom is -0.466 e. The Morgan fingerprint density at radius 3 is 2.71 bits per heavy atom. The van der Waals surface area contributed by atoms with Crippen LogP contribution in [0.5, 0.6) is 0 Å². The number of carbonyl (C=O) groups excluding carboxylic acids is 1. The lowest BCUT2D eigenvalue weighted by Gasteiger charge is -2.28. The Labute approximate surface area is 146 Å². The van der Waals surface area contributed by atoms with Gasteiger partial charge in [0.2, 0.25) is 0 Å². The summed E-state index contributed by atoms with van der Waals surface area (Å²) in [6.07, 6.45) is 1.17. The molecular formula is C16H22ClNO5S. The van der Waals surface area contributed by atoms with E-state index in [1.807, 2.05) is 13.0 Å². The van der Waals surface area contributed by atoms with Gasteiger partial charge in [-0.3, -0.25) is 4.79 Å². The van der Waals surface area contributed by atoms with Gasteiger partial charge in [0.05, 0.1) is 18.4 Å². The van der Waals surface area contributed by atoms with Crippen LogP contribution in [0.4, 0.5) is 5.69 Å². The number of aryl methyl sites for hydroxylation is 1. The predicted molar refractivity (Wildman–Crippen MR) is 92.0 cm³/mol. The molecule has 1 aromatic rings. The number of benzene rings is 1. The van der Waals surface area contributed by atoms with E-state index in [-0.39, 0.29) is 23.4 Å². The van der Waals surface area contributed by atoms with Gasteiger partial charge in [0, 0.05) is 36.7 Å². The zero-order chi connectivity index (χ0) is 17.7. The van der Waals surface area contributed by atoms with E-state index in [0.717, 1.165) is 11.1 Å². The summed E-state index contributed by atoms with van der Waals surface area (Å²) in [5, 5.41) is 3.10. The molecule has 8 heteroatoms. The molecule has 0 radical (unpaired) electrons. The van der Waals surface area contributed by atoms with Gasteiger partial charge in [-0.25, -0.2) is 8.42 Å². The molecule has 1 heterocycles. The molecule has 1 N–H and O–H groups in total. The molecule has 0 saturated carbocycles. The molecule has 1 aliphatic rings. The summed E-state index contributed by atoms with van der Waals surface area (Å²) in [7, 11) is 1.69. The van der Waals surface area contributed by atoms with Crippen molar-refractivity contribution >= 4 is 31.4 Å². The number of fused-ring (bicyclic) bond motifs is 1. The molecule has 0 amide bonds. The third kappa shape index (κ3) is 4.84. The molecule has 1 unspecified atom stereocenters. The van der Waals surface area contributed by atoms with Gasteiger partial charge in [-0.2, -0.15) is 0 Å². The van der Waals surface area contributed by atoms with E-state index in [2.05, 4.69) is 5.32 Å². The summed E-state index contributed by atoms with van der Waals surface area (Å²) in [6.45, 7) is 5.10. The van der Waals surface area contributed by atoms with E-state index < -0.39 is 9.05 Å². The highest BCUT2D eigenvalue weighted by Gasteiger charge is 2.26. The highest BCUT2D eigenvalue weighted by molar-refractivity contribution is 8.13. The minimum absolute atomic E-state index is 0.0197. The smallest absolute Gasteiger partial charge is 0.306 e. The number of hydrogen-bond acceptors (Lipinski definition) is 6. The number of anilines is 1. The topological polar surface area (TPSA) is 81.7 Å². The van der Waals surface area contributed by atoms with Crippen molar-refractivity contribution in [1.29, 1.82) is 0 Å². The lowest BCUT2D eigenvalue weighted by molar-refractivity contribution is -0.143. The van der Waals surface area contributed by atoms with Gasteiger partial charge in [0.25, 0.3) is 9.05 Å². The molecule has 2 rings (SSSR count). The highest BCUT2D eigenvalue weighted by atomic mass is 35.7. The fraction of sp³-hybridized carbons (Fsp3) is 0.562. The Bertz CT molecular complexity index is 705. The summed E-state index contributed by atoms with van der Waals surface area (Å²) in [5.41, 5.74) is 2.10. The summed E-state index contributed by atoms with van der Waals surface area (Å²) in [4.78, 5) is 11.6. The van der Waals surface area contributed by atoms with Crippen molar-refractivity contribution in [2.45, 2.75) is 44.1 Å². The fourth-order valence-electron chi connectivity index (χ4n) is 2.80. The number of esters is 1. The molecule has 134 valence electrons. The maximum absolute atomic E-state index is 11.9. The van der Waals surface area contributed by atoms with Crippen molar-refractivity contribution in [3.8, 4) is 0 Å². The molecule has 6 nitrogen and oxygen atoms in total. The second kappa shape index (κ2) is 8.18. The largest absolute Gasteiger partial charge is 0.466 e. The van der Waals surface area contributed by atoms with Gasteiger partial charge in [-0.15, -0.1) is 0 Å². The van der Waals surface area contributed by atoms with E-state index >= 15 is 0 Å². The maximum atomic E-state index is 11.9. The number of carbonyl (C=O) groups is 1. The van der Waals surface area contributed by atoms with Crippen molar-refractivity contribution in [2.24, 2.45) is 0 Å². The van der Waals surface area contributed by atoms with E-state index in [4.69, 9.17) is 20.2 Å². The molecule has 0 bridgehead atoms. The fourth-order valence-corrected chi connectivity index (χ4v) is 3.91. The van der Waals surface area contributed by atoms with E-state index in [9.17, 15) is 13.2 Å². The first-order valence-corrected chi connectivity index (χ1v) is 10.3. The SMILES string of the molecule is CCOC(=O)CCc1cc2c(c(S(=O)(=O)Cl)c1)NCC(OCC)C2. The summed E-state index contributed by atoms with van der Waals surface area (Å²) >= 11 is 0. The van der Waals surface area contributed by atoms with Crippen LogP contribution in [-0.4, -0.2) is 40.2 Å². The van der Waals surface area contributed by atoms with Gasteiger partial charge >= 0.3 is 5.97 Å². The second-order valence-electron chi connectivity index (χ2n) is 5.53. The summed E-state index contributed by atoms with van der Waals surface area (Å²) < 4.78 is 34.3. The average molecular weight is 376 g/mol. The molecule has 0 aromatic heterocycles. The van der Waals surface area contributed by atoms with Gasteiger partial charge in [0.1, 0.15) is 4.90 Å². The molecule has 0 aliphatic carbocycles. The van der Waals surface area contributed by atoms with Crippen LogP contribution in [0, 0.1) is 0 Å². The van der Waals surface area contributed by atoms with Crippen molar-refractivity contribution in [3.63, 3.8) is 0 Å². The molecule has 1 aromatic carbocycles. The van der Waals surface area contributed by atoms with Crippen LogP contribution >= 0.6 is 10.7 Å². The van der Waals surface area contributed by atoms with Gasteiger partial charge in [-0.05, 0) is 37.5 Å². The Morgan fingerprint density at radius 1 is 1.33 bits per heavy atom. The number of ether oxygens (including phenoxy) is 2. The van der Waals surface area contributed by atoms with Crippen LogP contribution in [0.1, 0.15) is 31.4 Å². The number of halogens is 1. The number of hydrogen-bond donors (Lipinski definition) is 1. The van der Waals surface area contributed by atoms with Crippen LogP contribution < -0.4 is 5.32 Å². The molecule has 1 atom stereocenters.